The highest BCUT2D eigenvalue weighted by Gasteiger charge is 2.35. The van der Waals surface area contributed by atoms with Crippen LogP contribution in [0.4, 0.5) is 10.3 Å². The van der Waals surface area contributed by atoms with Gasteiger partial charge in [0.15, 0.2) is 0 Å². The molecule has 1 aromatic heterocycles. The Morgan fingerprint density at radius 2 is 2.04 bits per heavy atom. The van der Waals surface area contributed by atoms with Crippen molar-refractivity contribution in [2.24, 2.45) is 5.41 Å². The molecular weight excluding hydrogens is 293 g/mol. The summed E-state index contributed by atoms with van der Waals surface area (Å²) in [5, 5.41) is 9.93. The minimum Gasteiger partial charge on any atom is -0.396 e. The van der Waals surface area contributed by atoms with Gasteiger partial charge in [-0.3, -0.25) is 0 Å². The molecule has 4 nitrogen and oxygen atoms in total. The molecule has 3 rings (SSSR count). The summed E-state index contributed by atoms with van der Waals surface area (Å²) in [7, 11) is 0. The van der Waals surface area contributed by atoms with Gasteiger partial charge in [-0.25, -0.2) is 14.4 Å². The molecule has 1 aliphatic heterocycles. The summed E-state index contributed by atoms with van der Waals surface area (Å²) in [6, 6.07) is 8.55. The summed E-state index contributed by atoms with van der Waals surface area (Å²) in [5.74, 6) is 0.531. The molecule has 0 radical (unpaired) electrons. The van der Waals surface area contributed by atoms with Gasteiger partial charge < -0.3 is 10.0 Å². The Morgan fingerprint density at radius 3 is 2.70 bits per heavy atom. The summed E-state index contributed by atoms with van der Waals surface area (Å²) in [6.07, 6.45) is 4.16. The molecule has 0 saturated carbocycles. The highest BCUT2D eigenvalue weighted by molar-refractivity contribution is 5.31. The van der Waals surface area contributed by atoms with Crippen LogP contribution in [0.2, 0.25) is 0 Å². The van der Waals surface area contributed by atoms with Crippen molar-refractivity contribution >= 4 is 5.95 Å². The third kappa shape index (κ3) is 3.67. The predicted molar refractivity (Wildman–Crippen MR) is 87.8 cm³/mol. The highest BCUT2D eigenvalue weighted by Crippen LogP contribution is 2.35. The number of anilines is 1. The Hall–Kier alpha value is -2.01. The lowest BCUT2D eigenvalue weighted by Gasteiger charge is -2.41. The molecule has 1 N–H and O–H groups in total. The molecule has 5 heteroatoms. The SMILES string of the molecule is Cc1ccnc(N2CCC(CO)(Cc3cccc(F)c3)CC2)n1. The van der Waals surface area contributed by atoms with Crippen LogP contribution in [0.15, 0.2) is 36.5 Å². The van der Waals surface area contributed by atoms with Crippen LogP contribution < -0.4 is 4.90 Å². The van der Waals surface area contributed by atoms with Crippen molar-refractivity contribution in [1.29, 1.82) is 0 Å². The predicted octanol–water partition coefficient (Wildman–Crippen LogP) is 2.75. The minimum atomic E-state index is -0.221. The first-order chi connectivity index (χ1) is 11.1. The quantitative estimate of drug-likeness (QED) is 0.942. The average molecular weight is 315 g/mol. The molecular formula is C18H22FN3O. The third-order valence-electron chi connectivity index (χ3n) is 4.69. The first kappa shape index (κ1) is 15.9. The summed E-state index contributed by atoms with van der Waals surface area (Å²) in [5.41, 5.74) is 1.71. The first-order valence-electron chi connectivity index (χ1n) is 8.00. The number of hydrogen-bond acceptors (Lipinski definition) is 4. The van der Waals surface area contributed by atoms with Crippen molar-refractivity contribution in [3.05, 3.63) is 53.6 Å². The zero-order valence-corrected chi connectivity index (χ0v) is 13.4. The molecule has 1 aliphatic rings. The second kappa shape index (κ2) is 6.62. The number of hydrogen-bond donors (Lipinski definition) is 1. The van der Waals surface area contributed by atoms with Gasteiger partial charge in [0.25, 0.3) is 0 Å². The molecule has 23 heavy (non-hydrogen) atoms. The van der Waals surface area contributed by atoms with Gasteiger partial charge >= 0.3 is 0 Å². The maximum absolute atomic E-state index is 13.4. The van der Waals surface area contributed by atoms with Crippen LogP contribution in [0, 0.1) is 18.2 Å². The molecule has 0 spiro atoms. The van der Waals surface area contributed by atoms with Crippen molar-refractivity contribution in [1.82, 2.24) is 9.97 Å². The van der Waals surface area contributed by atoms with Crippen molar-refractivity contribution < 1.29 is 9.50 Å². The van der Waals surface area contributed by atoms with Crippen LogP contribution in [0.5, 0.6) is 0 Å². The van der Waals surface area contributed by atoms with E-state index in [0.717, 1.165) is 43.1 Å². The summed E-state index contributed by atoms with van der Waals surface area (Å²) in [6.45, 7) is 3.68. The van der Waals surface area contributed by atoms with Crippen LogP contribution in [0.25, 0.3) is 0 Å². The van der Waals surface area contributed by atoms with Crippen LogP contribution in [-0.4, -0.2) is 34.8 Å². The van der Waals surface area contributed by atoms with E-state index in [1.54, 1.807) is 18.3 Å². The Bertz CT molecular complexity index is 669. The van der Waals surface area contributed by atoms with Gasteiger partial charge in [0.2, 0.25) is 5.95 Å². The molecule has 122 valence electrons. The normalized spacial score (nSPS) is 17.3. The molecule has 1 fully saturated rings. The largest absolute Gasteiger partial charge is 0.396 e. The van der Waals surface area contributed by atoms with Gasteiger partial charge in [-0.1, -0.05) is 12.1 Å². The highest BCUT2D eigenvalue weighted by atomic mass is 19.1. The molecule has 0 unspecified atom stereocenters. The van der Waals surface area contributed by atoms with E-state index in [-0.39, 0.29) is 17.8 Å². The molecule has 2 heterocycles. The molecule has 1 aromatic carbocycles. The third-order valence-corrected chi connectivity index (χ3v) is 4.69. The van der Waals surface area contributed by atoms with Crippen LogP contribution >= 0.6 is 0 Å². The lowest BCUT2D eigenvalue weighted by molar-refractivity contribution is 0.0958. The second-order valence-corrected chi connectivity index (χ2v) is 6.45. The maximum Gasteiger partial charge on any atom is 0.225 e. The zero-order valence-electron chi connectivity index (χ0n) is 13.4. The Morgan fingerprint density at radius 1 is 1.26 bits per heavy atom. The first-order valence-corrected chi connectivity index (χ1v) is 8.00. The van der Waals surface area contributed by atoms with E-state index in [9.17, 15) is 9.50 Å². The lowest BCUT2D eigenvalue weighted by Crippen LogP contribution is -2.44. The fourth-order valence-corrected chi connectivity index (χ4v) is 3.24. The Kier molecular flexibility index (Phi) is 4.57. The molecule has 0 bridgehead atoms. The average Bonchev–Trinajstić information content (AvgIpc) is 2.55. The van der Waals surface area contributed by atoms with E-state index in [0.29, 0.717) is 6.42 Å². The van der Waals surface area contributed by atoms with Crippen molar-refractivity contribution in [3.63, 3.8) is 0 Å². The summed E-state index contributed by atoms with van der Waals surface area (Å²) < 4.78 is 13.4. The fourth-order valence-electron chi connectivity index (χ4n) is 3.24. The number of halogens is 1. The molecule has 2 aromatic rings. The minimum absolute atomic E-state index is 0.117. The number of aliphatic hydroxyl groups is 1. The maximum atomic E-state index is 13.4. The number of rotatable bonds is 4. The van der Waals surface area contributed by atoms with E-state index in [1.807, 2.05) is 19.1 Å². The van der Waals surface area contributed by atoms with E-state index < -0.39 is 0 Å². The molecule has 0 amide bonds. The van der Waals surface area contributed by atoms with Gasteiger partial charge in [0, 0.05) is 37.0 Å². The van der Waals surface area contributed by atoms with Gasteiger partial charge in [-0.2, -0.15) is 0 Å². The summed E-state index contributed by atoms with van der Waals surface area (Å²) >= 11 is 0. The van der Waals surface area contributed by atoms with E-state index >= 15 is 0 Å². The Balaban J connectivity index is 1.69. The molecule has 0 aliphatic carbocycles. The van der Waals surface area contributed by atoms with E-state index in [1.165, 1.54) is 6.07 Å². The smallest absolute Gasteiger partial charge is 0.225 e. The van der Waals surface area contributed by atoms with Crippen molar-refractivity contribution in [3.8, 4) is 0 Å². The zero-order chi connectivity index (χ0) is 16.3. The monoisotopic (exact) mass is 315 g/mol. The van der Waals surface area contributed by atoms with Crippen LogP contribution in [0.1, 0.15) is 24.1 Å². The molecule has 0 atom stereocenters. The van der Waals surface area contributed by atoms with E-state index in [2.05, 4.69) is 14.9 Å². The van der Waals surface area contributed by atoms with E-state index in [4.69, 9.17) is 0 Å². The number of nitrogens with zero attached hydrogens (tertiary/aromatic N) is 3. The number of aryl methyl sites for hydroxylation is 1. The topological polar surface area (TPSA) is 49.2 Å². The van der Waals surface area contributed by atoms with Crippen LogP contribution in [0.3, 0.4) is 0 Å². The summed E-state index contributed by atoms with van der Waals surface area (Å²) in [4.78, 5) is 11.0. The molecule has 1 saturated heterocycles. The van der Waals surface area contributed by atoms with Gasteiger partial charge in [-0.15, -0.1) is 0 Å². The fraction of sp³-hybridized carbons (Fsp3) is 0.444. The van der Waals surface area contributed by atoms with Crippen LogP contribution in [-0.2, 0) is 6.42 Å². The standard InChI is InChI=1S/C18H22FN3O/c1-14-5-8-20-17(21-14)22-9-6-18(13-23,7-10-22)12-15-3-2-4-16(19)11-15/h2-5,8,11,23H,6-7,9-10,12-13H2,1H3. The lowest BCUT2D eigenvalue weighted by atomic mass is 9.74. The number of aromatic nitrogens is 2. The Labute approximate surface area is 136 Å². The number of aliphatic hydroxyl groups excluding tert-OH is 1. The van der Waals surface area contributed by atoms with Gasteiger partial charge in [-0.05, 0) is 49.9 Å². The number of benzene rings is 1. The van der Waals surface area contributed by atoms with Crippen molar-refractivity contribution in [2.45, 2.75) is 26.2 Å². The number of piperidine rings is 1. The second-order valence-electron chi connectivity index (χ2n) is 6.45. The van der Waals surface area contributed by atoms with Gasteiger partial charge in [0.1, 0.15) is 5.82 Å². The van der Waals surface area contributed by atoms with Gasteiger partial charge in [0.05, 0.1) is 0 Å². The van der Waals surface area contributed by atoms with Crippen molar-refractivity contribution in [2.75, 3.05) is 24.6 Å².